The molecule has 0 radical (unpaired) electrons. The Kier molecular flexibility index (Phi) is 2.72. The number of hydrogen-bond donors (Lipinski definition) is 1. The number of nitrogens with one attached hydrogen (secondary N) is 1. The third kappa shape index (κ3) is 2.01. The second-order valence-corrected chi connectivity index (χ2v) is 3.03. The summed E-state index contributed by atoms with van der Waals surface area (Å²) < 4.78 is 0. The molecule has 2 heteroatoms. The molecule has 58 valence electrons. The van der Waals surface area contributed by atoms with Crippen LogP contribution < -0.4 is 5.32 Å². The number of rotatable bonds is 2. The quantitative estimate of drug-likeness (QED) is 0.617. The third-order valence-electron chi connectivity index (χ3n) is 2.23. The van der Waals surface area contributed by atoms with Crippen molar-refractivity contribution in [3.8, 4) is 0 Å². The maximum atomic E-state index is 10.9. The Labute approximate surface area is 62.0 Å². The molecule has 0 saturated heterocycles. The summed E-state index contributed by atoms with van der Waals surface area (Å²) in [5.41, 5.74) is 0. The first-order valence-corrected chi connectivity index (χ1v) is 4.03. The molecule has 0 aromatic rings. The van der Waals surface area contributed by atoms with Crippen LogP contribution in [0.5, 0.6) is 0 Å². The normalized spacial score (nSPS) is 19.3. The Morgan fingerprint density at radius 2 is 2.10 bits per heavy atom. The van der Waals surface area contributed by atoms with E-state index in [2.05, 4.69) is 5.32 Å². The van der Waals surface area contributed by atoms with Crippen molar-refractivity contribution < 1.29 is 4.79 Å². The lowest BCUT2D eigenvalue weighted by atomic mass is 10.0. The summed E-state index contributed by atoms with van der Waals surface area (Å²) in [6.45, 7) is 0. The third-order valence-corrected chi connectivity index (χ3v) is 2.23. The highest BCUT2D eigenvalue weighted by molar-refractivity contribution is 5.75. The smallest absolute Gasteiger partial charge is 0.220 e. The average Bonchev–Trinajstić information content (AvgIpc) is 2.40. The van der Waals surface area contributed by atoms with Crippen LogP contribution in [0.25, 0.3) is 0 Å². The summed E-state index contributed by atoms with van der Waals surface area (Å²) in [5, 5.41) is 2.65. The fourth-order valence-electron chi connectivity index (χ4n) is 1.58. The minimum absolute atomic E-state index is 0.201. The number of carbonyl (C=O) groups excluding carboxylic acids is 1. The number of amides is 1. The molecule has 0 bridgehead atoms. The maximum Gasteiger partial charge on any atom is 0.220 e. The van der Waals surface area contributed by atoms with Crippen molar-refractivity contribution in [3.63, 3.8) is 0 Å². The van der Waals surface area contributed by atoms with Gasteiger partial charge in [-0.25, -0.2) is 0 Å². The van der Waals surface area contributed by atoms with Crippen LogP contribution in [-0.4, -0.2) is 13.0 Å². The molecule has 1 fully saturated rings. The monoisotopic (exact) mass is 141 g/mol. The van der Waals surface area contributed by atoms with Crippen LogP contribution in [0.3, 0.4) is 0 Å². The van der Waals surface area contributed by atoms with Gasteiger partial charge in [0.15, 0.2) is 0 Å². The minimum Gasteiger partial charge on any atom is -0.359 e. The van der Waals surface area contributed by atoms with Crippen molar-refractivity contribution in [1.82, 2.24) is 5.32 Å². The number of hydrogen-bond acceptors (Lipinski definition) is 1. The van der Waals surface area contributed by atoms with Gasteiger partial charge in [0.1, 0.15) is 0 Å². The van der Waals surface area contributed by atoms with E-state index in [1.165, 1.54) is 25.7 Å². The molecule has 1 aliphatic carbocycles. The van der Waals surface area contributed by atoms with Crippen LogP contribution in [0.4, 0.5) is 0 Å². The molecule has 0 unspecified atom stereocenters. The first-order chi connectivity index (χ1) is 4.83. The molecule has 0 aromatic heterocycles. The van der Waals surface area contributed by atoms with E-state index < -0.39 is 0 Å². The highest BCUT2D eigenvalue weighted by Crippen LogP contribution is 2.27. The summed E-state index contributed by atoms with van der Waals surface area (Å²) in [4.78, 5) is 10.9. The van der Waals surface area contributed by atoms with Crippen molar-refractivity contribution in [2.75, 3.05) is 7.05 Å². The molecule has 1 rings (SSSR count). The SMILES string of the molecule is CNC(=O)CC1CCCC1. The van der Waals surface area contributed by atoms with Gasteiger partial charge in [0, 0.05) is 13.5 Å². The first-order valence-electron chi connectivity index (χ1n) is 4.03. The zero-order valence-corrected chi connectivity index (χ0v) is 6.52. The average molecular weight is 141 g/mol. The Balaban J connectivity index is 2.17. The molecule has 10 heavy (non-hydrogen) atoms. The van der Waals surface area contributed by atoms with Gasteiger partial charge in [0.2, 0.25) is 5.91 Å². The van der Waals surface area contributed by atoms with E-state index in [0.29, 0.717) is 5.92 Å². The molecule has 0 spiro atoms. The van der Waals surface area contributed by atoms with Crippen molar-refractivity contribution in [3.05, 3.63) is 0 Å². The topological polar surface area (TPSA) is 29.1 Å². The van der Waals surface area contributed by atoms with Gasteiger partial charge < -0.3 is 5.32 Å². The lowest BCUT2D eigenvalue weighted by Crippen LogP contribution is -2.20. The second kappa shape index (κ2) is 3.59. The molecule has 0 atom stereocenters. The maximum absolute atomic E-state index is 10.9. The fourth-order valence-corrected chi connectivity index (χ4v) is 1.58. The first kappa shape index (κ1) is 7.58. The zero-order chi connectivity index (χ0) is 7.40. The van der Waals surface area contributed by atoms with Crippen LogP contribution in [0.1, 0.15) is 32.1 Å². The van der Waals surface area contributed by atoms with Gasteiger partial charge in [-0.1, -0.05) is 12.8 Å². The predicted molar refractivity (Wildman–Crippen MR) is 40.6 cm³/mol. The van der Waals surface area contributed by atoms with Crippen molar-refractivity contribution in [2.45, 2.75) is 32.1 Å². The van der Waals surface area contributed by atoms with E-state index in [0.717, 1.165) is 6.42 Å². The Morgan fingerprint density at radius 1 is 1.50 bits per heavy atom. The van der Waals surface area contributed by atoms with Crippen LogP contribution in [0.15, 0.2) is 0 Å². The summed E-state index contributed by atoms with van der Waals surface area (Å²) in [5.74, 6) is 0.881. The van der Waals surface area contributed by atoms with Crippen molar-refractivity contribution in [2.24, 2.45) is 5.92 Å². The van der Waals surface area contributed by atoms with E-state index in [9.17, 15) is 4.79 Å². The van der Waals surface area contributed by atoms with Crippen molar-refractivity contribution >= 4 is 5.91 Å². The molecule has 1 amide bonds. The van der Waals surface area contributed by atoms with Gasteiger partial charge in [-0.15, -0.1) is 0 Å². The second-order valence-electron chi connectivity index (χ2n) is 3.03. The van der Waals surface area contributed by atoms with E-state index >= 15 is 0 Å². The molecular formula is C8H15NO. The van der Waals surface area contributed by atoms with E-state index in [-0.39, 0.29) is 5.91 Å². The summed E-state index contributed by atoms with van der Waals surface area (Å²) in [6.07, 6.45) is 5.90. The summed E-state index contributed by atoms with van der Waals surface area (Å²) in [7, 11) is 1.71. The molecule has 1 N–H and O–H groups in total. The largest absolute Gasteiger partial charge is 0.359 e. The fraction of sp³-hybridized carbons (Fsp3) is 0.875. The molecule has 0 aromatic carbocycles. The standard InChI is InChI=1S/C8H15NO/c1-9-8(10)6-7-4-2-3-5-7/h7H,2-6H2,1H3,(H,9,10). The molecule has 1 aliphatic rings. The van der Waals surface area contributed by atoms with Gasteiger partial charge in [0.05, 0.1) is 0 Å². The van der Waals surface area contributed by atoms with E-state index in [4.69, 9.17) is 0 Å². The Hall–Kier alpha value is -0.530. The van der Waals surface area contributed by atoms with Gasteiger partial charge in [-0.05, 0) is 18.8 Å². The highest BCUT2D eigenvalue weighted by atomic mass is 16.1. The zero-order valence-electron chi connectivity index (χ0n) is 6.52. The summed E-state index contributed by atoms with van der Waals surface area (Å²) in [6, 6.07) is 0. The minimum atomic E-state index is 0.201. The molecule has 2 nitrogen and oxygen atoms in total. The lowest BCUT2D eigenvalue weighted by Gasteiger charge is -2.05. The molecular weight excluding hydrogens is 126 g/mol. The molecule has 0 aliphatic heterocycles. The Morgan fingerprint density at radius 3 is 2.60 bits per heavy atom. The van der Waals surface area contributed by atoms with E-state index in [1.54, 1.807) is 7.05 Å². The molecule has 0 heterocycles. The lowest BCUT2D eigenvalue weighted by molar-refractivity contribution is -0.121. The number of carbonyl (C=O) groups is 1. The molecule has 1 saturated carbocycles. The van der Waals surface area contributed by atoms with Gasteiger partial charge >= 0.3 is 0 Å². The van der Waals surface area contributed by atoms with E-state index in [1.807, 2.05) is 0 Å². The summed E-state index contributed by atoms with van der Waals surface area (Å²) >= 11 is 0. The van der Waals surface area contributed by atoms with Gasteiger partial charge in [-0.2, -0.15) is 0 Å². The van der Waals surface area contributed by atoms with Crippen molar-refractivity contribution in [1.29, 1.82) is 0 Å². The van der Waals surface area contributed by atoms with Crippen LogP contribution in [-0.2, 0) is 4.79 Å². The highest BCUT2D eigenvalue weighted by Gasteiger charge is 2.17. The Bertz CT molecular complexity index is 116. The van der Waals surface area contributed by atoms with Gasteiger partial charge in [-0.3, -0.25) is 4.79 Å². The van der Waals surface area contributed by atoms with Crippen LogP contribution in [0, 0.1) is 5.92 Å². The van der Waals surface area contributed by atoms with Crippen LogP contribution in [0.2, 0.25) is 0 Å². The predicted octanol–water partition coefficient (Wildman–Crippen LogP) is 1.31. The van der Waals surface area contributed by atoms with Crippen LogP contribution >= 0.6 is 0 Å². The van der Waals surface area contributed by atoms with Gasteiger partial charge in [0.25, 0.3) is 0 Å².